The third-order valence-electron chi connectivity index (χ3n) is 6.61. The second-order valence-corrected chi connectivity index (χ2v) is 10.7. The average molecular weight is 559 g/mol. The number of anilines is 2. The number of carboxylic acids is 1. The van der Waals surface area contributed by atoms with Gasteiger partial charge in [0.15, 0.2) is 5.71 Å². The van der Waals surface area contributed by atoms with Crippen LogP contribution in [0.1, 0.15) is 60.5 Å². The standard InChI is InChI=1S/C31H34N4O4S/c1-2-3-4-5-9-19-35-27-17-16-25(40-20-18-22-12-14-23(15-13-22)30(37)38)21-26(27)28(29(35)36)33-34-31(39)32-24-10-7-6-8-11-24/h6-8,10-17,21H,2-5,9,18-20H2,1H3,(H,37,38)(H2,32,34,39). The number of carboxylic acid groups (broad SMARTS) is 1. The summed E-state index contributed by atoms with van der Waals surface area (Å²) in [5.74, 6) is -0.371. The Kier molecular flexibility index (Phi) is 10.3. The summed E-state index contributed by atoms with van der Waals surface area (Å²) in [5, 5.41) is 16.0. The fraction of sp³-hybridized carbons (Fsp3) is 0.290. The summed E-state index contributed by atoms with van der Waals surface area (Å²) in [7, 11) is 0. The molecule has 3 amide bonds. The van der Waals surface area contributed by atoms with Crippen molar-refractivity contribution < 1.29 is 19.5 Å². The molecule has 0 saturated carbocycles. The number of fused-ring (bicyclic) bond motifs is 1. The van der Waals surface area contributed by atoms with E-state index in [9.17, 15) is 14.4 Å². The molecule has 3 N–H and O–H groups in total. The van der Waals surface area contributed by atoms with E-state index in [0.29, 0.717) is 17.8 Å². The van der Waals surface area contributed by atoms with Crippen molar-refractivity contribution in [1.82, 2.24) is 5.43 Å². The van der Waals surface area contributed by atoms with Crippen molar-refractivity contribution >= 4 is 46.8 Å². The Morgan fingerprint density at radius 1 is 0.950 bits per heavy atom. The van der Waals surface area contributed by atoms with E-state index in [1.807, 2.05) is 48.5 Å². The van der Waals surface area contributed by atoms with E-state index < -0.39 is 12.0 Å². The summed E-state index contributed by atoms with van der Waals surface area (Å²) in [4.78, 5) is 39.7. The molecule has 208 valence electrons. The van der Waals surface area contributed by atoms with E-state index in [0.717, 1.165) is 54.0 Å². The summed E-state index contributed by atoms with van der Waals surface area (Å²) in [6.07, 6.45) is 6.21. The number of para-hydroxylation sites is 1. The quantitative estimate of drug-likeness (QED) is 0.125. The minimum Gasteiger partial charge on any atom is -0.478 e. The molecule has 0 aliphatic carbocycles. The Hall–Kier alpha value is -4.11. The molecular weight excluding hydrogens is 524 g/mol. The van der Waals surface area contributed by atoms with Crippen molar-refractivity contribution in [3.05, 3.63) is 89.5 Å². The van der Waals surface area contributed by atoms with Crippen LogP contribution in [0.15, 0.2) is 82.8 Å². The van der Waals surface area contributed by atoms with Gasteiger partial charge in [-0.15, -0.1) is 11.8 Å². The molecule has 1 aliphatic rings. The molecule has 3 aromatic carbocycles. The number of aryl methyl sites for hydroxylation is 1. The molecule has 0 unspecified atom stereocenters. The van der Waals surface area contributed by atoms with Gasteiger partial charge in [0.05, 0.1) is 11.3 Å². The van der Waals surface area contributed by atoms with Gasteiger partial charge in [-0.05, 0) is 60.9 Å². The highest BCUT2D eigenvalue weighted by Gasteiger charge is 2.34. The lowest BCUT2D eigenvalue weighted by Gasteiger charge is -2.17. The van der Waals surface area contributed by atoms with Gasteiger partial charge in [0.1, 0.15) is 0 Å². The average Bonchev–Trinajstić information content (AvgIpc) is 3.22. The summed E-state index contributed by atoms with van der Waals surface area (Å²) < 4.78 is 0. The van der Waals surface area contributed by atoms with Gasteiger partial charge in [-0.25, -0.2) is 15.0 Å². The highest BCUT2D eigenvalue weighted by Crippen LogP contribution is 2.33. The molecule has 8 nitrogen and oxygen atoms in total. The maximum absolute atomic E-state index is 13.4. The number of carbonyl (C=O) groups excluding carboxylic acids is 2. The van der Waals surface area contributed by atoms with Crippen molar-refractivity contribution in [2.75, 3.05) is 22.5 Å². The van der Waals surface area contributed by atoms with Crippen molar-refractivity contribution in [2.45, 2.75) is 50.3 Å². The first-order valence-corrected chi connectivity index (χ1v) is 14.6. The largest absolute Gasteiger partial charge is 0.478 e. The van der Waals surface area contributed by atoms with Crippen LogP contribution in [0.5, 0.6) is 0 Å². The fourth-order valence-electron chi connectivity index (χ4n) is 4.47. The third-order valence-corrected chi connectivity index (χ3v) is 7.60. The van der Waals surface area contributed by atoms with Crippen molar-refractivity contribution in [2.24, 2.45) is 5.10 Å². The van der Waals surface area contributed by atoms with Crippen LogP contribution in [0.3, 0.4) is 0 Å². The number of unbranched alkanes of at least 4 members (excludes halogenated alkanes) is 4. The minimum atomic E-state index is -0.937. The first-order chi connectivity index (χ1) is 19.5. The fourth-order valence-corrected chi connectivity index (χ4v) is 5.41. The number of aromatic carboxylic acids is 1. The lowest BCUT2D eigenvalue weighted by atomic mass is 10.1. The highest BCUT2D eigenvalue weighted by molar-refractivity contribution is 7.99. The number of amides is 3. The number of nitrogens with one attached hydrogen (secondary N) is 2. The van der Waals surface area contributed by atoms with E-state index in [1.54, 1.807) is 40.9 Å². The van der Waals surface area contributed by atoms with Crippen molar-refractivity contribution in [1.29, 1.82) is 0 Å². The molecule has 0 saturated heterocycles. The van der Waals surface area contributed by atoms with Crippen LogP contribution >= 0.6 is 11.8 Å². The molecule has 0 aromatic heterocycles. The molecule has 0 atom stereocenters. The maximum atomic E-state index is 13.4. The summed E-state index contributed by atoms with van der Waals surface area (Å²) in [5.41, 5.74) is 6.17. The van der Waals surface area contributed by atoms with Gasteiger partial charge in [0.25, 0.3) is 5.91 Å². The molecule has 3 aromatic rings. The van der Waals surface area contributed by atoms with Crippen LogP contribution in [0.25, 0.3) is 0 Å². The van der Waals surface area contributed by atoms with Gasteiger partial charge >= 0.3 is 12.0 Å². The number of hydrogen-bond acceptors (Lipinski definition) is 5. The molecule has 4 rings (SSSR count). The second kappa shape index (κ2) is 14.3. The number of hydrogen-bond donors (Lipinski definition) is 3. The van der Waals surface area contributed by atoms with Gasteiger partial charge in [0.2, 0.25) is 0 Å². The Morgan fingerprint density at radius 2 is 1.70 bits per heavy atom. The lowest BCUT2D eigenvalue weighted by Crippen LogP contribution is -2.33. The molecule has 1 heterocycles. The predicted molar refractivity (Wildman–Crippen MR) is 161 cm³/mol. The smallest absolute Gasteiger partial charge is 0.339 e. The van der Waals surface area contributed by atoms with Gasteiger partial charge in [-0.2, -0.15) is 5.10 Å². The molecule has 0 fully saturated rings. The number of hydrazone groups is 1. The predicted octanol–water partition coefficient (Wildman–Crippen LogP) is 6.56. The monoisotopic (exact) mass is 558 g/mol. The number of urea groups is 1. The maximum Gasteiger partial charge on any atom is 0.339 e. The topological polar surface area (TPSA) is 111 Å². The van der Waals surface area contributed by atoms with Crippen LogP contribution in [0.2, 0.25) is 0 Å². The number of benzene rings is 3. The molecule has 0 bridgehead atoms. The van der Waals surface area contributed by atoms with E-state index >= 15 is 0 Å². The molecule has 0 radical (unpaired) electrons. The van der Waals surface area contributed by atoms with Gasteiger partial charge in [0, 0.05) is 28.4 Å². The third kappa shape index (κ3) is 7.72. The van der Waals surface area contributed by atoms with E-state index in [-0.39, 0.29) is 17.2 Å². The van der Waals surface area contributed by atoms with Gasteiger partial charge in [-0.1, -0.05) is 62.9 Å². The number of nitrogens with zero attached hydrogens (tertiary/aromatic N) is 2. The van der Waals surface area contributed by atoms with Gasteiger partial charge in [-0.3, -0.25) is 4.79 Å². The van der Waals surface area contributed by atoms with Crippen molar-refractivity contribution in [3.8, 4) is 0 Å². The summed E-state index contributed by atoms with van der Waals surface area (Å²) in [6, 6.07) is 21.3. The molecule has 40 heavy (non-hydrogen) atoms. The Balaban J connectivity index is 1.46. The normalized spacial score (nSPS) is 13.4. The lowest BCUT2D eigenvalue weighted by molar-refractivity contribution is -0.112. The zero-order valence-corrected chi connectivity index (χ0v) is 23.4. The van der Waals surface area contributed by atoms with E-state index in [1.165, 1.54) is 6.42 Å². The second-order valence-electron chi connectivity index (χ2n) is 9.54. The first-order valence-electron chi connectivity index (χ1n) is 13.6. The van der Waals surface area contributed by atoms with Crippen molar-refractivity contribution in [3.63, 3.8) is 0 Å². The summed E-state index contributed by atoms with van der Waals surface area (Å²) in [6.45, 7) is 2.78. The van der Waals surface area contributed by atoms with E-state index in [2.05, 4.69) is 22.8 Å². The van der Waals surface area contributed by atoms with Gasteiger partial charge < -0.3 is 15.3 Å². The number of rotatable bonds is 13. The van der Waals surface area contributed by atoms with Crippen LogP contribution < -0.4 is 15.6 Å². The Bertz CT molecular complexity index is 1360. The molecular formula is C31H34N4O4S. The first kappa shape index (κ1) is 28.9. The highest BCUT2D eigenvalue weighted by atomic mass is 32.2. The van der Waals surface area contributed by atoms with E-state index in [4.69, 9.17) is 5.11 Å². The summed E-state index contributed by atoms with van der Waals surface area (Å²) >= 11 is 1.65. The van der Waals surface area contributed by atoms with Crippen LogP contribution in [0, 0.1) is 0 Å². The van der Waals surface area contributed by atoms with Crippen LogP contribution in [-0.4, -0.2) is 41.0 Å². The minimum absolute atomic E-state index is 0.217. The van der Waals surface area contributed by atoms with Crippen LogP contribution in [0.4, 0.5) is 16.2 Å². The molecule has 0 spiro atoms. The zero-order chi connectivity index (χ0) is 28.3. The Labute approximate surface area is 238 Å². The SMILES string of the molecule is CCCCCCCN1C(=O)C(=NNC(=O)Nc2ccccc2)c2cc(SCCc3ccc(C(=O)O)cc3)ccc21. The zero-order valence-electron chi connectivity index (χ0n) is 22.6. The number of thioether (sulfide) groups is 1. The Morgan fingerprint density at radius 3 is 2.42 bits per heavy atom. The molecule has 9 heteroatoms. The number of carbonyl (C=O) groups is 3. The van der Waals surface area contributed by atoms with Crippen LogP contribution in [-0.2, 0) is 11.2 Å². The molecule has 1 aliphatic heterocycles.